The Labute approximate surface area is 164 Å². The first kappa shape index (κ1) is 20.2. The number of non-ortho nitro benzene ring substituents is 1. The zero-order chi connectivity index (χ0) is 12.5. The summed E-state index contributed by atoms with van der Waals surface area (Å²) in [6.07, 6.45) is 0. The molecule has 18 heavy (non-hydrogen) atoms. The fraction of sp³-hybridized carbons (Fsp3) is 0. The van der Waals surface area contributed by atoms with Crippen LogP contribution < -0.4 is 56.5 Å². The summed E-state index contributed by atoms with van der Waals surface area (Å²) in [6.45, 7) is 0. The van der Waals surface area contributed by atoms with Crippen LogP contribution in [-0.2, 0) is 0 Å². The number of nitro benzene ring substituents is 3. The molecule has 1 rings (SSSR count). The van der Waals surface area contributed by atoms with E-state index >= 15 is 0 Å². The molecule has 0 radical (unpaired) electrons. The molecule has 1 aromatic carbocycles. The van der Waals surface area contributed by atoms with Crippen molar-refractivity contribution in [1.29, 1.82) is 0 Å². The Bertz CT molecular complexity index is 473. The number of rotatable bonds is 3. The predicted molar refractivity (Wildman–Crippen MR) is 53.0 cm³/mol. The normalized spacial score (nSPS) is 8.67. The number of nitrogens with zero attached hydrogens (tertiary/aromatic N) is 3. The van der Waals surface area contributed by atoms with Crippen molar-refractivity contribution in [3.63, 3.8) is 0 Å². The molecule has 0 bridgehead atoms. The number of nitro groups is 3. The molecule has 10 nitrogen and oxygen atoms in total. The van der Waals surface area contributed by atoms with E-state index in [9.17, 15) is 35.4 Å². The van der Waals surface area contributed by atoms with Crippen LogP contribution in [0.2, 0.25) is 0 Å². The van der Waals surface area contributed by atoms with Crippen LogP contribution in [0.4, 0.5) is 17.1 Å². The van der Waals surface area contributed by atoms with Gasteiger partial charge in [-0.25, -0.2) is 0 Å². The van der Waals surface area contributed by atoms with Crippen molar-refractivity contribution in [3.05, 3.63) is 42.5 Å². The third kappa shape index (κ3) is 4.51. The van der Waals surface area contributed by atoms with Gasteiger partial charge in [0.15, 0.2) is 0 Å². The van der Waals surface area contributed by atoms with E-state index in [2.05, 4.69) is 0 Å². The van der Waals surface area contributed by atoms with Gasteiger partial charge < -0.3 is 5.11 Å². The second-order valence-corrected chi connectivity index (χ2v) is 2.58. The molecular weight excluding hydrogens is 288 g/mol. The van der Waals surface area contributed by atoms with Gasteiger partial charge in [0.1, 0.15) is 0 Å². The van der Waals surface area contributed by atoms with Gasteiger partial charge in [-0.1, -0.05) is 0 Å². The summed E-state index contributed by atoms with van der Waals surface area (Å²) in [5, 5.41) is 42.1. The SMILES string of the molecule is O=[N+]([O-])c1cc([N+](=O)[O-])c([O-])c([N+](=O)[O-])c1.[K+].[NaH]. The van der Waals surface area contributed by atoms with E-state index in [1.54, 1.807) is 0 Å². The van der Waals surface area contributed by atoms with Crippen LogP contribution in [0.25, 0.3) is 0 Å². The van der Waals surface area contributed by atoms with Crippen LogP contribution in [0.15, 0.2) is 12.1 Å². The minimum absolute atomic E-state index is 0. The Morgan fingerprint density at radius 2 is 1.17 bits per heavy atom. The number of hydrogen-bond donors (Lipinski definition) is 0. The van der Waals surface area contributed by atoms with Gasteiger partial charge in [-0.3, -0.25) is 30.3 Å². The summed E-state index contributed by atoms with van der Waals surface area (Å²) < 4.78 is 0. The standard InChI is InChI=1S/C6H3N3O7.K.Na.H/c10-6-4(8(13)14)1-3(7(11)12)2-5(6)9(15)16;;;/h1-2,10H;;;/q;+1;;/p-1. The van der Waals surface area contributed by atoms with Gasteiger partial charge in [0.05, 0.1) is 32.7 Å². The molecule has 0 unspecified atom stereocenters. The van der Waals surface area contributed by atoms with Gasteiger partial charge >= 0.3 is 80.9 Å². The van der Waals surface area contributed by atoms with Crippen molar-refractivity contribution in [1.82, 2.24) is 0 Å². The first-order chi connectivity index (χ1) is 7.34. The predicted octanol–water partition coefficient (Wildman–Crippen LogP) is -3.16. The van der Waals surface area contributed by atoms with Gasteiger partial charge in [0.2, 0.25) is 0 Å². The van der Waals surface area contributed by atoms with Gasteiger partial charge in [-0.2, -0.15) is 0 Å². The van der Waals surface area contributed by atoms with E-state index in [1.165, 1.54) is 0 Å². The molecule has 0 saturated heterocycles. The fourth-order valence-electron chi connectivity index (χ4n) is 0.961. The number of hydrogen-bond acceptors (Lipinski definition) is 7. The number of benzene rings is 1. The van der Waals surface area contributed by atoms with Crippen molar-refractivity contribution in [2.75, 3.05) is 0 Å². The van der Waals surface area contributed by atoms with Crippen LogP contribution >= 0.6 is 0 Å². The Balaban J connectivity index is 0. The molecule has 0 saturated carbocycles. The monoisotopic (exact) mass is 291 g/mol. The molecule has 0 atom stereocenters. The summed E-state index contributed by atoms with van der Waals surface area (Å²) in [5.41, 5.74) is -3.26. The Kier molecular flexibility index (Phi) is 9.09. The fourth-order valence-corrected chi connectivity index (χ4v) is 0.961. The van der Waals surface area contributed by atoms with Crippen LogP contribution in [0.1, 0.15) is 0 Å². The van der Waals surface area contributed by atoms with Crippen molar-refractivity contribution < 1.29 is 71.3 Å². The first-order valence-electron chi connectivity index (χ1n) is 3.63. The van der Waals surface area contributed by atoms with E-state index in [0.29, 0.717) is 12.1 Å². The van der Waals surface area contributed by atoms with Crippen molar-refractivity contribution in [2.24, 2.45) is 0 Å². The van der Waals surface area contributed by atoms with Crippen LogP contribution in [-0.4, -0.2) is 44.3 Å². The molecular formula is C6H3KN3NaO7. The van der Waals surface area contributed by atoms with Gasteiger partial charge in [0, 0.05) is 0 Å². The Morgan fingerprint density at radius 3 is 1.39 bits per heavy atom. The average molecular weight is 291 g/mol. The Hall–Kier alpha value is -0.144. The van der Waals surface area contributed by atoms with E-state index < -0.39 is 37.6 Å². The third-order valence-electron chi connectivity index (χ3n) is 1.64. The molecule has 0 N–H and O–H groups in total. The van der Waals surface area contributed by atoms with Gasteiger partial charge in [0.25, 0.3) is 17.1 Å². The van der Waals surface area contributed by atoms with E-state index in [1.807, 2.05) is 0 Å². The van der Waals surface area contributed by atoms with E-state index in [0.717, 1.165) is 0 Å². The molecule has 12 heteroatoms. The molecule has 0 heterocycles. The summed E-state index contributed by atoms with van der Waals surface area (Å²) in [6, 6.07) is 0.769. The summed E-state index contributed by atoms with van der Waals surface area (Å²) >= 11 is 0. The van der Waals surface area contributed by atoms with Crippen LogP contribution in [0, 0.1) is 30.3 Å². The third-order valence-corrected chi connectivity index (χ3v) is 1.64. The molecule has 0 aliphatic rings. The topological polar surface area (TPSA) is 152 Å². The van der Waals surface area contributed by atoms with Crippen molar-refractivity contribution in [3.8, 4) is 5.75 Å². The molecule has 0 fully saturated rings. The molecule has 0 spiro atoms. The average Bonchev–Trinajstić information content (AvgIpc) is 2.16. The molecule has 86 valence electrons. The summed E-state index contributed by atoms with van der Waals surface area (Å²) in [4.78, 5) is 27.5. The molecule has 0 aliphatic carbocycles. The summed E-state index contributed by atoms with van der Waals surface area (Å²) in [5.74, 6) is -1.46. The van der Waals surface area contributed by atoms with Crippen LogP contribution in [0.5, 0.6) is 5.75 Å². The quantitative estimate of drug-likeness (QED) is 0.323. The van der Waals surface area contributed by atoms with Crippen molar-refractivity contribution >= 4 is 46.6 Å². The van der Waals surface area contributed by atoms with Gasteiger partial charge in [-0.15, -0.1) is 0 Å². The maximum absolute atomic E-state index is 11.1. The van der Waals surface area contributed by atoms with E-state index in [4.69, 9.17) is 0 Å². The molecule has 0 aliphatic heterocycles. The second-order valence-electron chi connectivity index (χ2n) is 2.58. The Morgan fingerprint density at radius 1 is 0.833 bits per heavy atom. The molecule has 0 aromatic heterocycles. The zero-order valence-electron chi connectivity index (χ0n) is 8.35. The minimum atomic E-state index is -1.46. The molecule has 1 aromatic rings. The molecule has 0 amide bonds. The van der Waals surface area contributed by atoms with Crippen molar-refractivity contribution in [2.45, 2.75) is 0 Å². The second kappa shape index (κ2) is 8.11. The summed E-state index contributed by atoms with van der Waals surface area (Å²) in [7, 11) is 0. The maximum atomic E-state index is 11.1. The van der Waals surface area contributed by atoms with E-state index in [-0.39, 0.29) is 80.9 Å². The van der Waals surface area contributed by atoms with Crippen LogP contribution in [0.3, 0.4) is 0 Å². The zero-order valence-corrected chi connectivity index (χ0v) is 11.5. The first-order valence-corrected chi connectivity index (χ1v) is 3.63. The van der Waals surface area contributed by atoms with Gasteiger partial charge in [-0.05, 0) is 0 Å².